The first kappa shape index (κ1) is 32.7. The molecule has 0 spiro atoms. The topological polar surface area (TPSA) is 195 Å². The lowest BCUT2D eigenvalue weighted by molar-refractivity contribution is -0.137. The van der Waals surface area contributed by atoms with Crippen molar-refractivity contribution in [3.05, 3.63) is 35.4 Å². The summed E-state index contributed by atoms with van der Waals surface area (Å²) < 4.78 is 34.5. The number of aliphatic hydroxyl groups is 1. The number of nitrogens with one attached hydrogen (secondary N) is 3. The lowest BCUT2D eigenvalue weighted by atomic mass is 9.90. The van der Waals surface area contributed by atoms with Crippen molar-refractivity contribution in [3.8, 4) is 0 Å². The maximum absolute atomic E-state index is 13.4. The minimum atomic E-state index is -4.05. The summed E-state index contributed by atoms with van der Waals surface area (Å²) in [7, 11) is -4.05. The average molecular weight is 621 g/mol. The summed E-state index contributed by atoms with van der Waals surface area (Å²) in [6.07, 6.45) is 6.87. The highest BCUT2D eigenvalue weighted by molar-refractivity contribution is 7.88. The van der Waals surface area contributed by atoms with Crippen molar-refractivity contribution in [2.24, 2.45) is 11.7 Å². The van der Waals surface area contributed by atoms with E-state index in [-0.39, 0.29) is 36.6 Å². The summed E-state index contributed by atoms with van der Waals surface area (Å²) >= 11 is 0. The number of piperidine rings is 1. The molecule has 1 saturated carbocycles. The van der Waals surface area contributed by atoms with Crippen LogP contribution < -0.4 is 15.8 Å². The summed E-state index contributed by atoms with van der Waals surface area (Å²) in [4.78, 5) is 41.7. The highest BCUT2D eigenvalue weighted by Gasteiger charge is 2.35. The number of ether oxygens (including phenoxy) is 1. The molecule has 4 rings (SSSR count). The number of rotatable bonds is 10. The Morgan fingerprint density at radius 1 is 1.02 bits per heavy atom. The van der Waals surface area contributed by atoms with E-state index in [0.29, 0.717) is 44.8 Å². The van der Waals surface area contributed by atoms with Crippen molar-refractivity contribution in [3.63, 3.8) is 0 Å². The smallest absolute Gasteiger partial charge is 0.338 e. The second-order valence-electron chi connectivity index (χ2n) is 11.8. The fourth-order valence-electron chi connectivity index (χ4n) is 6.12. The highest BCUT2D eigenvalue weighted by atomic mass is 32.2. The van der Waals surface area contributed by atoms with E-state index in [1.54, 1.807) is 24.3 Å². The molecular weight excluding hydrogens is 576 g/mol. The van der Waals surface area contributed by atoms with Crippen LogP contribution in [0.25, 0.3) is 0 Å². The number of esters is 1. The predicted molar refractivity (Wildman–Crippen MR) is 159 cm³/mol. The average Bonchev–Trinajstić information content (AvgIpc) is 3.13. The van der Waals surface area contributed by atoms with Gasteiger partial charge in [0.25, 0.3) is 0 Å². The molecule has 1 aromatic carbocycles. The lowest BCUT2D eigenvalue weighted by Crippen LogP contribution is -2.59. The molecule has 0 bridgehead atoms. The van der Waals surface area contributed by atoms with Gasteiger partial charge in [-0.2, -0.15) is 0 Å². The monoisotopic (exact) mass is 620 g/mol. The number of nitrogens with zero attached hydrogens (tertiary/aromatic N) is 2. The summed E-state index contributed by atoms with van der Waals surface area (Å²) in [5.74, 6) is -2.03. The first-order valence-electron chi connectivity index (χ1n) is 15.2. The molecule has 14 heteroatoms. The molecule has 3 aliphatic rings. The Labute approximate surface area is 253 Å². The van der Waals surface area contributed by atoms with Gasteiger partial charge in [0.1, 0.15) is 12.3 Å². The second kappa shape index (κ2) is 15.0. The van der Waals surface area contributed by atoms with E-state index in [4.69, 9.17) is 15.9 Å². The van der Waals surface area contributed by atoms with Crippen LogP contribution in [-0.2, 0) is 30.1 Å². The van der Waals surface area contributed by atoms with Gasteiger partial charge in [0.15, 0.2) is 5.96 Å². The Morgan fingerprint density at radius 3 is 2.49 bits per heavy atom. The van der Waals surface area contributed by atoms with Gasteiger partial charge >= 0.3 is 5.97 Å². The van der Waals surface area contributed by atoms with Crippen molar-refractivity contribution in [2.45, 2.75) is 88.3 Å². The van der Waals surface area contributed by atoms with Crippen LogP contribution in [0.3, 0.4) is 0 Å². The highest BCUT2D eigenvalue weighted by Crippen LogP contribution is 2.24. The van der Waals surface area contributed by atoms with Crippen LogP contribution in [0.4, 0.5) is 0 Å². The number of nitrogens with two attached hydrogens (primary N) is 1. The molecule has 0 radical (unpaired) electrons. The molecule has 2 saturated heterocycles. The molecule has 3 atom stereocenters. The van der Waals surface area contributed by atoms with E-state index in [1.807, 2.05) is 0 Å². The van der Waals surface area contributed by atoms with Gasteiger partial charge in [-0.15, -0.1) is 0 Å². The first-order valence-corrected chi connectivity index (χ1v) is 16.8. The van der Waals surface area contributed by atoms with Crippen molar-refractivity contribution >= 4 is 33.8 Å². The number of carbonyl (C=O) groups is 3. The maximum Gasteiger partial charge on any atom is 0.338 e. The third kappa shape index (κ3) is 9.13. The van der Waals surface area contributed by atoms with Crippen LogP contribution in [-0.4, -0.2) is 91.6 Å². The zero-order valence-corrected chi connectivity index (χ0v) is 25.3. The third-order valence-electron chi connectivity index (χ3n) is 8.44. The molecule has 3 fully saturated rings. The van der Waals surface area contributed by atoms with Crippen LogP contribution in [0.1, 0.15) is 80.1 Å². The van der Waals surface area contributed by atoms with Crippen molar-refractivity contribution < 1.29 is 32.6 Å². The first-order chi connectivity index (χ1) is 20.5. The van der Waals surface area contributed by atoms with E-state index < -0.39 is 51.9 Å². The number of likely N-dealkylation sites (tertiary alicyclic amines) is 2. The van der Waals surface area contributed by atoms with E-state index in [9.17, 15) is 27.9 Å². The molecule has 6 N–H and O–H groups in total. The molecule has 1 aromatic rings. The summed E-state index contributed by atoms with van der Waals surface area (Å²) in [6, 6.07) is 4.70. The van der Waals surface area contributed by atoms with Crippen LogP contribution >= 0.6 is 0 Å². The molecular formula is C29H44N6O7S. The number of sulfonamides is 1. The number of hydrogen-bond donors (Lipinski definition) is 5. The van der Waals surface area contributed by atoms with Crippen molar-refractivity contribution in [1.82, 2.24) is 19.8 Å². The van der Waals surface area contributed by atoms with Gasteiger partial charge in [-0.25, -0.2) is 17.9 Å². The van der Waals surface area contributed by atoms with E-state index in [2.05, 4.69) is 10.0 Å². The number of amides is 2. The Hall–Kier alpha value is -3.23. The van der Waals surface area contributed by atoms with Crippen LogP contribution in [0.15, 0.2) is 24.3 Å². The fourth-order valence-corrected chi connectivity index (χ4v) is 7.52. The predicted octanol–water partition coefficient (Wildman–Crippen LogP) is 1.02. The van der Waals surface area contributed by atoms with Crippen LogP contribution in [0.2, 0.25) is 0 Å². The van der Waals surface area contributed by atoms with E-state index >= 15 is 0 Å². The van der Waals surface area contributed by atoms with Gasteiger partial charge < -0.3 is 30.7 Å². The van der Waals surface area contributed by atoms with E-state index in [0.717, 1.165) is 25.7 Å². The zero-order chi connectivity index (χ0) is 31.0. The van der Waals surface area contributed by atoms with Gasteiger partial charge in [0.05, 0.1) is 30.5 Å². The molecule has 2 amide bonds. The number of benzene rings is 1. The molecule has 238 valence electrons. The third-order valence-corrected chi connectivity index (χ3v) is 9.78. The molecule has 2 aliphatic heterocycles. The lowest BCUT2D eigenvalue weighted by Gasteiger charge is -2.38. The zero-order valence-electron chi connectivity index (χ0n) is 24.5. The Balaban J connectivity index is 1.35. The Bertz CT molecular complexity index is 1270. The largest absolute Gasteiger partial charge is 0.462 e. The molecule has 1 unspecified atom stereocenters. The van der Waals surface area contributed by atoms with Gasteiger partial charge in [0, 0.05) is 13.1 Å². The van der Waals surface area contributed by atoms with Crippen molar-refractivity contribution in [2.75, 3.05) is 26.2 Å². The quantitative estimate of drug-likeness (QED) is 0.144. The second-order valence-corrected chi connectivity index (χ2v) is 13.5. The standard InChI is InChI=1S/C29H44N6O7S/c30-29(31)35-16-8-14-23(27(35)38)32-25(36)17-34-15-7-6-13-24(26(34)37)33-43(40,41)19-21-11-4-5-12-22(21)28(39)42-18-20-9-2-1-3-10-20/h4-5,11-12,20,23-24,27,33,38H,1-3,6-10,13-19H2,(H3,30,31)(H,32,36)/t23-,24-,27?/m0/s1. The molecule has 1 aliphatic carbocycles. The minimum Gasteiger partial charge on any atom is -0.462 e. The van der Waals surface area contributed by atoms with Crippen LogP contribution in [0, 0.1) is 11.3 Å². The molecule has 13 nitrogen and oxygen atoms in total. The summed E-state index contributed by atoms with van der Waals surface area (Å²) in [5, 5.41) is 20.8. The number of carbonyl (C=O) groups excluding carboxylic acids is 3. The van der Waals surface area contributed by atoms with Crippen LogP contribution in [0.5, 0.6) is 0 Å². The van der Waals surface area contributed by atoms with Gasteiger partial charge in [-0.1, -0.05) is 37.5 Å². The normalized spacial score (nSPS) is 23.8. The van der Waals surface area contributed by atoms with Crippen molar-refractivity contribution in [1.29, 1.82) is 5.41 Å². The molecule has 43 heavy (non-hydrogen) atoms. The number of guanidine groups is 1. The van der Waals surface area contributed by atoms with E-state index in [1.165, 1.54) is 16.2 Å². The molecule has 0 aromatic heterocycles. The summed E-state index contributed by atoms with van der Waals surface area (Å²) in [5.41, 5.74) is 5.99. The molecule has 2 heterocycles. The Morgan fingerprint density at radius 2 is 1.74 bits per heavy atom. The number of hydrogen-bond acceptors (Lipinski definition) is 8. The summed E-state index contributed by atoms with van der Waals surface area (Å²) in [6.45, 7) is 0.706. The van der Waals surface area contributed by atoms with Gasteiger partial charge in [0.2, 0.25) is 21.8 Å². The maximum atomic E-state index is 13.4. The van der Waals surface area contributed by atoms with Gasteiger partial charge in [-0.05, 0) is 62.5 Å². The SMILES string of the molecule is N=C(N)N1CCC[C@H](NC(=O)CN2CCCC[C@H](NS(=O)(=O)Cc3ccccc3C(=O)OCC3CCCCC3)C2=O)C1O. The Kier molecular flexibility index (Phi) is 11.4. The number of aliphatic hydroxyl groups excluding tert-OH is 1. The fraction of sp³-hybridized carbons (Fsp3) is 0.655. The van der Waals surface area contributed by atoms with Gasteiger partial charge in [-0.3, -0.25) is 15.0 Å². The minimum absolute atomic E-state index is 0.183.